The van der Waals surface area contributed by atoms with Crippen LogP contribution in [0.1, 0.15) is 448 Å². The monoisotopic (exact) mass is 1800 g/mol. The second-order valence-corrected chi connectivity index (χ2v) is 55.0. The van der Waals surface area contributed by atoms with Crippen LogP contribution in [0.25, 0.3) is 0 Å². The van der Waals surface area contributed by atoms with Crippen LogP contribution in [-0.2, 0) is 11.2 Å². The summed E-state index contributed by atoms with van der Waals surface area (Å²) in [5.74, 6) is 42.0. The predicted molar refractivity (Wildman–Crippen MR) is 576 cm³/mol. The van der Waals surface area contributed by atoms with E-state index in [0.29, 0.717) is 10.8 Å². The number of hydrogen-bond acceptors (Lipinski definition) is 1. The molecule has 16 saturated carbocycles. The maximum atomic E-state index is 13.8. The normalized spacial score (nSPS) is 46.9. The lowest BCUT2D eigenvalue weighted by atomic mass is 9.42. The van der Waals surface area contributed by atoms with E-state index < -0.39 is 0 Å². The van der Waals surface area contributed by atoms with Crippen LogP contribution in [0.15, 0.2) is 60.7 Å². The Hall–Kier alpha value is -2.67. The van der Waals surface area contributed by atoms with E-state index in [9.17, 15) is 4.79 Å². The van der Waals surface area contributed by atoms with Crippen molar-refractivity contribution in [3.63, 3.8) is 0 Å². The first kappa shape index (κ1) is 110. The van der Waals surface area contributed by atoms with Crippen LogP contribution < -0.4 is 0 Å². The van der Waals surface area contributed by atoms with Gasteiger partial charge in [0.05, 0.1) is 0 Å². The molecular weight excluding hydrogens is 1580 g/mol. The fourth-order valence-electron chi connectivity index (χ4n) is 34.0. The molecule has 1 heteroatoms. The third-order valence-electron chi connectivity index (χ3n) is 49.0. The van der Waals surface area contributed by atoms with Crippen LogP contribution in [-0.4, -0.2) is 5.78 Å². The molecule has 748 valence electrons. The molecule has 0 saturated heterocycles. The van der Waals surface area contributed by atoms with Gasteiger partial charge in [-0.1, -0.05) is 343 Å². The highest BCUT2D eigenvalue weighted by Crippen LogP contribution is 2.75. The summed E-state index contributed by atoms with van der Waals surface area (Å²) in [7, 11) is 0. The first-order valence-electron chi connectivity index (χ1n) is 57.9. The lowest BCUT2D eigenvalue weighted by molar-refractivity contribution is -0.142. The van der Waals surface area contributed by atoms with E-state index in [1.165, 1.54) is 162 Å². The predicted octanol–water partition coefficient (Wildman–Crippen LogP) is 38.4. The van der Waals surface area contributed by atoms with Crippen molar-refractivity contribution in [3.8, 4) is 0 Å². The van der Waals surface area contributed by atoms with Crippen LogP contribution in [0.4, 0.5) is 0 Å². The summed E-state index contributed by atoms with van der Waals surface area (Å²) in [6, 6.07) is 22.6. The van der Waals surface area contributed by atoms with Crippen molar-refractivity contribution < 1.29 is 4.79 Å². The Morgan fingerprint density at radius 2 is 0.626 bits per heavy atom. The molecule has 0 heterocycles. The van der Waals surface area contributed by atoms with E-state index in [1.54, 1.807) is 11.1 Å². The van der Waals surface area contributed by atoms with E-state index in [2.05, 4.69) is 351 Å². The average molecular weight is 1800 g/mol. The molecule has 0 radical (unpaired) electrons. The van der Waals surface area contributed by atoms with Crippen molar-refractivity contribution in [1.82, 2.24) is 0 Å². The lowest BCUT2D eigenvalue weighted by Crippen LogP contribution is -2.56. The molecule has 17 aliphatic rings. The number of carbonyl (C=O) groups excluding carboxylic acids is 1. The van der Waals surface area contributed by atoms with Crippen LogP contribution in [0.5, 0.6) is 0 Å². The molecule has 16 fully saturated rings. The Bertz CT molecular complexity index is 3710. The number of aryl methyl sites for hydroxylation is 4. The minimum absolute atomic E-state index is 0.129. The minimum Gasteiger partial charge on any atom is -0.298 e. The molecule has 8 bridgehead atoms. The zero-order valence-electron chi connectivity index (χ0n) is 94.9. The smallest absolute Gasteiger partial charge is 0.145 e. The van der Waals surface area contributed by atoms with Crippen LogP contribution in [0.2, 0.25) is 0 Å². The Kier molecular flexibility index (Phi) is 38.3. The second kappa shape index (κ2) is 45.5. The molecule has 3 aromatic carbocycles. The Labute approximate surface area is 818 Å². The van der Waals surface area contributed by atoms with Crippen molar-refractivity contribution in [2.75, 3.05) is 0 Å². The molecule has 0 aliphatic heterocycles. The topological polar surface area (TPSA) is 17.1 Å². The van der Waals surface area contributed by atoms with E-state index >= 15 is 0 Å². The van der Waals surface area contributed by atoms with Gasteiger partial charge in [-0.2, -0.15) is 0 Å². The fraction of sp³-hybridized carbons (Fsp3) is 0.854. The molecular formula is C130H222O. The van der Waals surface area contributed by atoms with Gasteiger partial charge in [0, 0.05) is 10.8 Å². The van der Waals surface area contributed by atoms with Gasteiger partial charge in [-0.05, 0) is 459 Å². The highest BCUT2D eigenvalue weighted by molar-refractivity contribution is 5.94. The maximum absolute atomic E-state index is 13.8. The summed E-state index contributed by atoms with van der Waals surface area (Å²) in [6.07, 6.45) is 29.4. The zero-order chi connectivity index (χ0) is 97.5. The summed E-state index contributed by atoms with van der Waals surface area (Å²) in [5.41, 5.74) is 12.9. The highest BCUT2D eigenvalue weighted by atomic mass is 16.1. The lowest BCUT2D eigenvalue weighted by Gasteiger charge is -2.62. The number of hydrogen-bond donors (Lipinski definition) is 0. The Balaban J connectivity index is 0.000000153. The molecule has 1 nitrogen and oxygen atoms in total. The van der Waals surface area contributed by atoms with Gasteiger partial charge >= 0.3 is 0 Å². The number of Topliss-reactive ketones (excluding diaryl/α,β-unsaturated/α-hetero) is 1. The number of rotatable bonds is 5. The first-order valence-corrected chi connectivity index (χ1v) is 57.9. The van der Waals surface area contributed by atoms with Gasteiger partial charge in [0.1, 0.15) is 5.78 Å². The van der Waals surface area contributed by atoms with Crippen molar-refractivity contribution in [2.45, 2.75) is 437 Å². The van der Waals surface area contributed by atoms with Crippen molar-refractivity contribution in [3.05, 3.63) is 105 Å². The number of ketones is 1. The van der Waals surface area contributed by atoms with E-state index in [0.717, 1.165) is 273 Å². The highest BCUT2D eigenvalue weighted by Gasteiger charge is 2.72. The average Bonchev–Trinajstić information content (AvgIpc) is 1.50. The van der Waals surface area contributed by atoms with Crippen molar-refractivity contribution >= 4 is 5.78 Å². The first-order chi connectivity index (χ1) is 61.1. The largest absolute Gasteiger partial charge is 0.298 e. The van der Waals surface area contributed by atoms with Gasteiger partial charge in [-0.3, -0.25) is 4.79 Å². The summed E-state index contributed by atoms with van der Waals surface area (Å²) in [4.78, 5) is 13.8. The SMILES string of the molecule is CC1C(C)(C)C(C)C1(C)C.CC1C(C)C(C)C1C.CC1C(C)C2CC1C(C)C2C.CC1C(C)C2CCC1C(C)C2C.CC1C2CC(C1C)C1(CCC3(CC4CC3C(C)C4C)C1=O)C2.CC1CC(C)C(C)C1C.CC1CC(C)C(C)CC1C.CC1CCC(C2CCC(C)C(C)C2)CC1C.CCC(C)C1CC(C)C(C)c2ccccc21.Cc1ccc(Cc2ccc(C)c(C)c2)cc1C. The van der Waals surface area contributed by atoms with Gasteiger partial charge in [-0.15, -0.1) is 0 Å². The third kappa shape index (κ3) is 23.4. The molecule has 17 aliphatic carbocycles. The number of benzene rings is 3. The molecule has 20 rings (SSSR count). The summed E-state index contributed by atoms with van der Waals surface area (Å²) >= 11 is 0. The van der Waals surface area contributed by atoms with Crippen LogP contribution in [0, 0.1) is 298 Å². The molecule has 0 N–H and O–H groups in total. The Morgan fingerprint density at radius 3 is 0.916 bits per heavy atom. The van der Waals surface area contributed by atoms with Crippen molar-refractivity contribution in [2.24, 2.45) is 270 Å². The van der Waals surface area contributed by atoms with Gasteiger partial charge < -0.3 is 0 Å². The van der Waals surface area contributed by atoms with Crippen LogP contribution >= 0.6 is 0 Å². The third-order valence-corrected chi connectivity index (χ3v) is 49.0. The molecule has 3 aromatic rings. The van der Waals surface area contributed by atoms with E-state index in [1.807, 2.05) is 0 Å². The molecule has 0 amide bonds. The summed E-state index contributed by atoms with van der Waals surface area (Å²) in [6.45, 7) is 100. The molecule has 36 unspecified atom stereocenters. The quantitative estimate of drug-likeness (QED) is 0.249. The van der Waals surface area contributed by atoms with Gasteiger partial charge in [-0.25, -0.2) is 0 Å². The molecule has 36 atom stereocenters. The summed E-state index contributed by atoms with van der Waals surface area (Å²) < 4.78 is 0. The molecule has 0 aromatic heterocycles. The molecule has 2 spiro atoms. The van der Waals surface area contributed by atoms with Crippen molar-refractivity contribution in [1.29, 1.82) is 0 Å². The second-order valence-electron chi connectivity index (χ2n) is 55.0. The van der Waals surface area contributed by atoms with Gasteiger partial charge in [0.25, 0.3) is 0 Å². The van der Waals surface area contributed by atoms with Gasteiger partial charge in [0.15, 0.2) is 0 Å². The summed E-state index contributed by atoms with van der Waals surface area (Å²) in [5, 5.41) is 0. The Morgan fingerprint density at radius 1 is 0.298 bits per heavy atom. The van der Waals surface area contributed by atoms with E-state index in [-0.39, 0.29) is 10.8 Å². The maximum Gasteiger partial charge on any atom is 0.145 e. The standard InChI is InChI=1S/C21H32O.C17H20.C16H30.C16H24.C12H22.C11H20.2C10H20.C9H18.C8H16/c1-11-13(3)17-7-15(11)9-20(17)5-6-21(19(20)22)10-16-8-18(21)14(4)12(16)2;1-12-5-7-16(9-14(12)3)11-17-8-6-13(2)15(4)10-17;1-11-5-7-15(9-13(11)3)16-8-6-12(2)14(4)10-16;1-5-11(2)16-10-12(3)13(4)14-8-6-7-9-15(14)16;1-7-8(2)12-6-5-11(7)9(3)10(12)4;1-6-7(2)11-5-10(6)8(3)9(11)4;1-7-9(3,4)8(2)10(7,5)6;1-7-5-9(3)10(4)6-8(7)2;1-6-5-7(2)9(4)8(6)3;1-5-6(2)8(4)7(5)3/h11-18H,5-10H2,1-4H3;5-10H,11H2,1-4H3;11-16H,5-10H2,1-4H3;6-9,11-13,16H,5,10H2,1-4H3;7-12H,5-6H2,1-4H3;6-11H,5H2,1-4H3;7-8H,1-6H3;7-10H,5-6H2,1-4H3;6-9H,5H2,1-4H3;5-8H,1-4H3. The number of fused-ring (bicyclic) bond motifs is 12. The minimum atomic E-state index is 0.129. The zero-order valence-corrected chi connectivity index (χ0v) is 94.9. The van der Waals surface area contributed by atoms with E-state index in [4.69, 9.17) is 0 Å². The molecule has 131 heavy (non-hydrogen) atoms. The van der Waals surface area contributed by atoms with Crippen LogP contribution in [0.3, 0.4) is 0 Å². The fourth-order valence-corrected chi connectivity index (χ4v) is 34.0. The van der Waals surface area contributed by atoms with Gasteiger partial charge in [0.2, 0.25) is 0 Å². The number of carbonyl (C=O) groups is 1.